The van der Waals surface area contributed by atoms with Crippen LogP contribution in [0.2, 0.25) is 0 Å². The van der Waals surface area contributed by atoms with Gasteiger partial charge in [0.25, 0.3) is 0 Å². The van der Waals surface area contributed by atoms with Gasteiger partial charge in [-0.25, -0.2) is 0 Å². The standard InChI is InChI=1S/C6H14N2O/c1-4-9-8-6(2)5-7-3/h7H,4-5H2,1-3H3/b8-6-. The van der Waals surface area contributed by atoms with Crippen LogP contribution >= 0.6 is 0 Å². The molecule has 9 heavy (non-hydrogen) atoms. The van der Waals surface area contributed by atoms with E-state index in [0.717, 1.165) is 12.3 Å². The second kappa shape index (κ2) is 5.56. The zero-order valence-corrected chi connectivity index (χ0v) is 6.27. The van der Waals surface area contributed by atoms with E-state index in [0.29, 0.717) is 6.61 Å². The van der Waals surface area contributed by atoms with E-state index in [9.17, 15) is 0 Å². The number of nitrogens with one attached hydrogen (secondary N) is 1. The van der Waals surface area contributed by atoms with Gasteiger partial charge in [0.05, 0.1) is 5.71 Å². The fourth-order valence-corrected chi connectivity index (χ4v) is 0.463. The van der Waals surface area contributed by atoms with Crippen LogP contribution in [0.5, 0.6) is 0 Å². The summed E-state index contributed by atoms with van der Waals surface area (Å²) in [6.07, 6.45) is 0. The Labute approximate surface area is 56.1 Å². The minimum atomic E-state index is 0.640. The van der Waals surface area contributed by atoms with E-state index in [1.54, 1.807) is 0 Å². The van der Waals surface area contributed by atoms with Crippen molar-refractivity contribution in [1.29, 1.82) is 0 Å². The number of nitrogens with zero attached hydrogens (tertiary/aromatic N) is 1. The highest BCUT2D eigenvalue weighted by Crippen LogP contribution is 1.77. The van der Waals surface area contributed by atoms with Gasteiger partial charge in [-0.1, -0.05) is 5.16 Å². The monoisotopic (exact) mass is 130 g/mol. The van der Waals surface area contributed by atoms with Gasteiger partial charge in [0.1, 0.15) is 6.61 Å². The molecule has 0 saturated heterocycles. The quantitative estimate of drug-likeness (QED) is 0.447. The van der Waals surface area contributed by atoms with Gasteiger partial charge in [-0.15, -0.1) is 0 Å². The summed E-state index contributed by atoms with van der Waals surface area (Å²) in [7, 11) is 1.88. The van der Waals surface area contributed by atoms with Crippen molar-refractivity contribution in [3.63, 3.8) is 0 Å². The third kappa shape index (κ3) is 5.30. The van der Waals surface area contributed by atoms with Crippen molar-refractivity contribution < 1.29 is 4.84 Å². The molecule has 0 aliphatic heterocycles. The maximum absolute atomic E-state index is 4.80. The summed E-state index contributed by atoms with van der Waals surface area (Å²) < 4.78 is 0. The Morgan fingerprint density at radius 1 is 1.67 bits per heavy atom. The third-order valence-corrected chi connectivity index (χ3v) is 0.782. The van der Waals surface area contributed by atoms with Crippen LogP contribution in [0.15, 0.2) is 5.16 Å². The van der Waals surface area contributed by atoms with E-state index < -0.39 is 0 Å². The van der Waals surface area contributed by atoms with E-state index in [-0.39, 0.29) is 0 Å². The highest BCUT2D eigenvalue weighted by Gasteiger charge is 1.85. The van der Waals surface area contributed by atoms with Gasteiger partial charge in [0.15, 0.2) is 0 Å². The van der Waals surface area contributed by atoms with Crippen LogP contribution in [0.25, 0.3) is 0 Å². The van der Waals surface area contributed by atoms with Crippen molar-refractivity contribution in [2.24, 2.45) is 5.16 Å². The molecule has 0 aliphatic rings. The van der Waals surface area contributed by atoms with Gasteiger partial charge in [0, 0.05) is 6.54 Å². The van der Waals surface area contributed by atoms with Crippen molar-refractivity contribution in [2.75, 3.05) is 20.2 Å². The Morgan fingerprint density at radius 3 is 2.78 bits per heavy atom. The van der Waals surface area contributed by atoms with Gasteiger partial charge in [-0.3, -0.25) is 0 Å². The van der Waals surface area contributed by atoms with Crippen LogP contribution in [0.4, 0.5) is 0 Å². The van der Waals surface area contributed by atoms with Crippen LogP contribution in [0.1, 0.15) is 13.8 Å². The Kier molecular flexibility index (Phi) is 5.21. The Morgan fingerprint density at radius 2 is 2.33 bits per heavy atom. The molecule has 0 fully saturated rings. The zero-order chi connectivity index (χ0) is 7.11. The molecule has 0 aromatic heterocycles. The summed E-state index contributed by atoms with van der Waals surface area (Å²) in [6.45, 7) is 5.27. The topological polar surface area (TPSA) is 33.6 Å². The van der Waals surface area contributed by atoms with Gasteiger partial charge >= 0.3 is 0 Å². The molecule has 0 aromatic rings. The van der Waals surface area contributed by atoms with E-state index in [1.807, 2.05) is 20.9 Å². The van der Waals surface area contributed by atoms with Crippen LogP contribution in [-0.4, -0.2) is 25.9 Å². The summed E-state index contributed by atoms with van der Waals surface area (Å²) in [5, 5.41) is 6.75. The fourth-order valence-electron chi connectivity index (χ4n) is 0.463. The van der Waals surface area contributed by atoms with Gasteiger partial charge in [-0.2, -0.15) is 0 Å². The Hall–Kier alpha value is -0.570. The molecule has 0 aliphatic carbocycles. The molecule has 0 unspecified atom stereocenters. The second-order valence-electron chi connectivity index (χ2n) is 1.77. The molecule has 1 N–H and O–H groups in total. The number of hydrogen-bond acceptors (Lipinski definition) is 3. The van der Waals surface area contributed by atoms with Crippen molar-refractivity contribution >= 4 is 5.71 Å². The molecule has 0 atom stereocenters. The molecule has 0 rings (SSSR count). The second-order valence-corrected chi connectivity index (χ2v) is 1.77. The highest BCUT2D eigenvalue weighted by atomic mass is 16.6. The summed E-state index contributed by atoms with van der Waals surface area (Å²) >= 11 is 0. The molecule has 0 heterocycles. The SMILES string of the molecule is CCO/N=C(/C)CNC. The molecule has 0 bridgehead atoms. The summed E-state index contributed by atoms with van der Waals surface area (Å²) in [5.41, 5.74) is 0.972. The normalized spacial score (nSPS) is 11.7. The lowest BCUT2D eigenvalue weighted by molar-refractivity contribution is 0.158. The summed E-state index contributed by atoms with van der Waals surface area (Å²) in [5.74, 6) is 0. The first kappa shape index (κ1) is 8.43. The van der Waals surface area contributed by atoms with Crippen molar-refractivity contribution in [3.05, 3.63) is 0 Å². The lowest BCUT2D eigenvalue weighted by Crippen LogP contribution is -2.15. The Balaban J connectivity index is 3.30. The molecule has 0 saturated carbocycles. The number of hydrogen-bond donors (Lipinski definition) is 1. The van der Waals surface area contributed by atoms with Gasteiger partial charge in [-0.05, 0) is 20.9 Å². The van der Waals surface area contributed by atoms with Crippen molar-refractivity contribution in [2.45, 2.75) is 13.8 Å². The van der Waals surface area contributed by atoms with E-state index >= 15 is 0 Å². The van der Waals surface area contributed by atoms with Crippen LogP contribution in [0, 0.1) is 0 Å². The zero-order valence-electron chi connectivity index (χ0n) is 6.27. The minimum Gasteiger partial charge on any atom is -0.396 e. The molecule has 0 radical (unpaired) electrons. The van der Waals surface area contributed by atoms with E-state index in [2.05, 4.69) is 10.5 Å². The third-order valence-electron chi connectivity index (χ3n) is 0.782. The maximum atomic E-state index is 4.80. The first-order valence-corrected chi connectivity index (χ1v) is 3.11. The smallest absolute Gasteiger partial charge is 0.114 e. The summed E-state index contributed by atoms with van der Waals surface area (Å²) in [6, 6.07) is 0. The average Bonchev–Trinajstić information content (AvgIpc) is 1.85. The van der Waals surface area contributed by atoms with E-state index in [4.69, 9.17) is 4.84 Å². The molecular formula is C6H14N2O. The molecule has 3 nitrogen and oxygen atoms in total. The predicted octanol–water partition coefficient (Wildman–Crippen LogP) is 0.618. The van der Waals surface area contributed by atoms with E-state index in [1.165, 1.54) is 0 Å². The maximum Gasteiger partial charge on any atom is 0.114 e. The average molecular weight is 130 g/mol. The lowest BCUT2D eigenvalue weighted by Gasteiger charge is -1.96. The lowest BCUT2D eigenvalue weighted by atomic mass is 10.4. The number of oxime groups is 1. The van der Waals surface area contributed by atoms with Gasteiger partial charge < -0.3 is 10.2 Å². The first-order valence-electron chi connectivity index (χ1n) is 3.11. The van der Waals surface area contributed by atoms with Crippen molar-refractivity contribution in [3.8, 4) is 0 Å². The van der Waals surface area contributed by atoms with Crippen LogP contribution in [-0.2, 0) is 4.84 Å². The molecule has 3 heteroatoms. The molecule has 0 amide bonds. The summed E-state index contributed by atoms with van der Waals surface area (Å²) in [4.78, 5) is 4.80. The predicted molar refractivity (Wildman–Crippen MR) is 38.7 cm³/mol. The molecule has 54 valence electrons. The molecular weight excluding hydrogens is 116 g/mol. The largest absolute Gasteiger partial charge is 0.396 e. The molecule has 0 spiro atoms. The van der Waals surface area contributed by atoms with Crippen LogP contribution < -0.4 is 5.32 Å². The fraction of sp³-hybridized carbons (Fsp3) is 0.833. The number of rotatable bonds is 4. The Bertz CT molecular complexity index is 91.1. The first-order chi connectivity index (χ1) is 4.31. The van der Waals surface area contributed by atoms with Crippen molar-refractivity contribution in [1.82, 2.24) is 5.32 Å². The van der Waals surface area contributed by atoms with Gasteiger partial charge in [0.2, 0.25) is 0 Å². The van der Waals surface area contributed by atoms with Crippen LogP contribution in [0.3, 0.4) is 0 Å². The minimum absolute atomic E-state index is 0.640. The molecule has 0 aromatic carbocycles. The highest BCUT2D eigenvalue weighted by molar-refractivity contribution is 5.83.